The first-order valence-electron chi connectivity index (χ1n) is 3.06. The summed E-state index contributed by atoms with van der Waals surface area (Å²) in [6.45, 7) is 1.65. The molecule has 0 aromatic carbocycles. The molecule has 0 saturated heterocycles. The monoisotopic (exact) mass is 232 g/mol. The van der Waals surface area contributed by atoms with Crippen LogP contribution in [0, 0.1) is 17.0 Å². The van der Waals surface area contributed by atoms with Crippen molar-refractivity contribution < 1.29 is 4.92 Å². The van der Waals surface area contributed by atoms with Crippen molar-refractivity contribution in [3.63, 3.8) is 0 Å². The molecule has 0 aliphatic rings. The van der Waals surface area contributed by atoms with Crippen molar-refractivity contribution in [2.75, 3.05) is 0 Å². The predicted octanol–water partition coefficient (Wildman–Crippen LogP) is 1.35. The zero-order chi connectivity index (χ0) is 9.30. The molecule has 12 heavy (non-hydrogen) atoms. The molecule has 0 unspecified atom stereocenters. The summed E-state index contributed by atoms with van der Waals surface area (Å²) >= 11 is 2.95. The first-order valence-corrected chi connectivity index (χ1v) is 3.85. The van der Waals surface area contributed by atoms with Gasteiger partial charge in [-0.25, -0.2) is 0 Å². The molecule has 1 aromatic rings. The molecule has 0 bridgehead atoms. The topological polar surface area (TPSA) is 76.0 Å². The number of hydrogen-bond acceptors (Lipinski definition) is 3. The van der Waals surface area contributed by atoms with Crippen LogP contribution in [-0.2, 0) is 0 Å². The summed E-state index contributed by atoms with van der Waals surface area (Å²) < 4.78 is 0.205. The lowest BCUT2D eigenvalue weighted by Crippen LogP contribution is -2.10. The van der Waals surface area contributed by atoms with Crippen molar-refractivity contribution in [3.05, 3.63) is 36.7 Å². The van der Waals surface area contributed by atoms with Crippen LogP contribution in [0.25, 0.3) is 0 Å². The fourth-order valence-corrected chi connectivity index (χ4v) is 1.04. The lowest BCUT2D eigenvalue weighted by Gasteiger charge is -1.95. The fourth-order valence-electron chi connectivity index (χ4n) is 0.724. The van der Waals surface area contributed by atoms with Crippen LogP contribution in [0.15, 0.2) is 15.5 Å². The zero-order valence-corrected chi connectivity index (χ0v) is 7.71. The van der Waals surface area contributed by atoms with E-state index in [4.69, 9.17) is 0 Å². The number of nitrogens with zero attached hydrogens (tertiary/aromatic N) is 1. The molecule has 1 aromatic heterocycles. The van der Waals surface area contributed by atoms with Gasteiger partial charge in [-0.2, -0.15) is 0 Å². The number of nitro groups is 1. The maximum Gasteiger partial charge on any atom is 0.333 e. The molecule has 5 nitrogen and oxygen atoms in total. The third kappa shape index (κ3) is 1.38. The number of pyridine rings is 1. The average Bonchev–Trinajstić information content (AvgIpc) is 2.00. The van der Waals surface area contributed by atoms with E-state index in [1.165, 1.54) is 0 Å². The molecule has 6 heteroatoms. The second-order valence-corrected chi connectivity index (χ2v) is 2.99. The second kappa shape index (κ2) is 3.06. The van der Waals surface area contributed by atoms with Gasteiger partial charge in [0.15, 0.2) is 0 Å². The highest BCUT2D eigenvalue weighted by atomic mass is 79.9. The zero-order valence-electron chi connectivity index (χ0n) is 6.13. The van der Waals surface area contributed by atoms with Crippen LogP contribution >= 0.6 is 15.9 Å². The first-order chi connectivity index (χ1) is 5.54. The minimum atomic E-state index is -0.719. The van der Waals surface area contributed by atoms with Gasteiger partial charge in [-0.3, -0.25) is 14.9 Å². The number of aromatic amines is 1. The Hall–Kier alpha value is -1.17. The van der Waals surface area contributed by atoms with Gasteiger partial charge in [-0.1, -0.05) is 0 Å². The molecule has 0 aliphatic carbocycles. The Kier molecular flexibility index (Phi) is 2.27. The molecule has 0 radical (unpaired) electrons. The lowest BCUT2D eigenvalue weighted by molar-refractivity contribution is -0.386. The number of halogens is 1. The van der Waals surface area contributed by atoms with Crippen LogP contribution in [0.4, 0.5) is 5.69 Å². The summed E-state index contributed by atoms with van der Waals surface area (Å²) in [7, 11) is 0. The van der Waals surface area contributed by atoms with E-state index in [-0.39, 0.29) is 4.47 Å². The van der Waals surface area contributed by atoms with Gasteiger partial charge in [0.2, 0.25) is 0 Å². The van der Waals surface area contributed by atoms with E-state index in [1.807, 2.05) is 0 Å². The normalized spacial score (nSPS) is 9.83. The van der Waals surface area contributed by atoms with Gasteiger partial charge in [0.05, 0.1) is 15.6 Å². The van der Waals surface area contributed by atoms with E-state index in [2.05, 4.69) is 20.9 Å². The Morgan fingerprint density at radius 2 is 2.25 bits per heavy atom. The Labute approximate surface area is 75.7 Å². The number of nitrogens with one attached hydrogen (secondary N) is 1. The van der Waals surface area contributed by atoms with Gasteiger partial charge >= 0.3 is 5.69 Å². The largest absolute Gasteiger partial charge is 0.358 e. The minimum absolute atomic E-state index is 0.205. The van der Waals surface area contributed by atoms with Crippen molar-refractivity contribution in [1.82, 2.24) is 4.98 Å². The molecule has 1 N–H and O–H groups in total. The molecule has 0 fully saturated rings. The Morgan fingerprint density at radius 1 is 1.67 bits per heavy atom. The van der Waals surface area contributed by atoms with Gasteiger partial charge in [-0.15, -0.1) is 0 Å². The Balaban J connectivity index is 3.47. The van der Waals surface area contributed by atoms with E-state index < -0.39 is 16.0 Å². The van der Waals surface area contributed by atoms with Crippen LogP contribution in [0.2, 0.25) is 0 Å². The Bertz CT molecular complexity index is 385. The summed E-state index contributed by atoms with van der Waals surface area (Å²) in [5.74, 6) is 0. The maximum atomic E-state index is 11.1. The van der Waals surface area contributed by atoms with Gasteiger partial charge < -0.3 is 4.98 Å². The van der Waals surface area contributed by atoms with Crippen molar-refractivity contribution in [1.29, 1.82) is 0 Å². The standard InChI is InChI=1S/C6H5BrN2O3/c1-3-5(7)6(10)4(2-8-3)9(11)12/h2H,1H3,(H,8,10). The van der Waals surface area contributed by atoms with Crippen molar-refractivity contribution in [2.45, 2.75) is 6.92 Å². The van der Waals surface area contributed by atoms with E-state index in [0.29, 0.717) is 5.69 Å². The lowest BCUT2D eigenvalue weighted by atomic mass is 10.3. The molecule has 1 rings (SSSR count). The first kappa shape index (κ1) is 8.92. The van der Waals surface area contributed by atoms with Crippen LogP contribution < -0.4 is 5.43 Å². The fraction of sp³-hybridized carbons (Fsp3) is 0.167. The average molecular weight is 233 g/mol. The van der Waals surface area contributed by atoms with Gasteiger partial charge in [0.1, 0.15) is 0 Å². The predicted molar refractivity (Wildman–Crippen MR) is 46.2 cm³/mol. The van der Waals surface area contributed by atoms with Crippen LogP contribution in [-0.4, -0.2) is 9.91 Å². The van der Waals surface area contributed by atoms with Gasteiger partial charge in [-0.05, 0) is 22.9 Å². The summed E-state index contributed by atoms with van der Waals surface area (Å²) in [4.78, 5) is 23.3. The maximum absolute atomic E-state index is 11.1. The number of aryl methyl sites for hydroxylation is 1. The summed E-state index contributed by atoms with van der Waals surface area (Å²) in [6.07, 6.45) is 1.09. The number of hydrogen-bond donors (Lipinski definition) is 1. The van der Waals surface area contributed by atoms with Crippen molar-refractivity contribution >= 4 is 21.6 Å². The van der Waals surface area contributed by atoms with Crippen molar-refractivity contribution in [3.8, 4) is 0 Å². The highest BCUT2D eigenvalue weighted by Crippen LogP contribution is 2.11. The smallest absolute Gasteiger partial charge is 0.333 e. The van der Waals surface area contributed by atoms with Crippen LogP contribution in [0.3, 0.4) is 0 Å². The minimum Gasteiger partial charge on any atom is -0.358 e. The molecule has 1 heterocycles. The van der Waals surface area contributed by atoms with E-state index in [9.17, 15) is 14.9 Å². The van der Waals surface area contributed by atoms with Gasteiger partial charge in [0, 0.05) is 5.69 Å². The molecular weight excluding hydrogens is 228 g/mol. The van der Waals surface area contributed by atoms with E-state index >= 15 is 0 Å². The number of rotatable bonds is 1. The molecular formula is C6H5BrN2O3. The van der Waals surface area contributed by atoms with E-state index in [1.54, 1.807) is 6.92 Å². The molecule has 0 amide bonds. The van der Waals surface area contributed by atoms with E-state index in [0.717, 1.165) is 6.20 Å². The molecule has 64 valence electrons. The summed E-state index contributed by atoms with van der Waals surface area (Å²) in [5, 5.41) is 10.3. The third-order valence-corrected chi connectivity index (χ3v) is 2.34. The van der Waals surface area contributed by atoms with Crippen LogP contribution in [0.5, 0.6) is 0 Å². The SMILES string of the molecule is Cc1[nH]cc([N+](=O)[O-])c(=O)c1Br. The molecule has 0 saturated carbocycles. The van der Waals surface area contributed by atoms with Crippen molar-refractivity contribution in [2.24, 2.45) is 0 Å². The van der Waals surface area contributed by atoms with Crippen LogP contribution in [0.1, 0.15) is 5.69 Å². The summed E-state index contributed by atoms with van der Waals surface area (Å²) in [5.41, 5.74) is -0.477. The quantitative estimate of drug-likeness (QED) is 0.587. The highest BCUT2D eigenvalue weighted by molar-refractivity contribution is 9.10. The Morgan fingerprint density at radius 3 is 2.75 bits per heavy atom. The van der Waals surface area contributed by atoms with Gasteiger partial charge in [0.25, 0.3) is 5.43 Å². The molecule has 0 atom stereocenters. The highest BCUT2D eigenvalue weighted by Gasteiger charge is 2.15. The molecule has 0 spiro atoms. The number of H-pyrrole nitrogens is 1. The third-order valence-electron chi connectivity index (χ3n) is 1.38. The second-order valence-electron chi connectivity index (χ2n) is 2.20. The number of aromatic nitrogens is 1. The molecule has 0 aliphatic heterocycles. The summed E-state index contributed by atoms with van der Waals surface area (Å²) in [6, 6.07) is 0.